The lowest BCUT2D eigenvalue weighted by Crippen LogP contribution is -2.16. The molecule has 0 spiro atoms. The van der Waals surface area contributed by atoms with E-state index in [2.05, 4.69) is 26.6 Å². The van der Waals surface area contributed by atoms with Gasteiger partial charge in [0.25, 0.3) is 0 Å². The van der Waals surface area contributed by atoms with Crippen LogP contribution in [0, 0.1) is 13.8 Å². The quantitative estimate of drug-likeness (QED) is 0.406. The molecule has 0 aliphatic carbocycles. The Morgan fingerprint density at radius 3 is 2.25 bits per heavy atom. The molecule has 8 nitrogen and oxygen atoms in total. The average Bonchev–Trinajstić information content (AvgIpc) is 2.67. The van der Waals surface area contributed by atoms with Gasteiger partial charge in [-0.2, -0.15) is 9.98 Å². The molecule has 2 aromatic carbocycles. The molecule has 0 aliphatic rings. The summed E-state index contributed by atoms with van der Waals surface area (Å²) in [5.74, 6) is 0. The number of amides is 2. The lowest BCUT2D eigenvalue weighted by molar-refractivity contribution is -0.105. The number of rotatable bonds is 8. The summed E-state index contributed by atoms with van der Waals surface area (Å²) in [6, 6.07) is 13.3. The van der Waals surface area contributed by atoms with Crippen LogP contribution in [0.25, 0.3) is 0 Å². The van der Waals surface area contributed by atoms with Crippen molar-refractivity contribution < 1.29 is 19.1 Å². The van der Waals surface area contributed by atoms with Crippen molar-refractivity contribution in [1.29, 1.82) is 0 Å². The Hall–Kier alpha value is -3.48. The number of benzene rings is 2. The van der Waals surface area contributed by atoms with Crippen molar-refractivity contribution in [2.75, 3.05) is 31.0 Å². The van der Waals surface area contributed by atoms with Crippen LogP contribution in [0.3, 0.4) is 0 Å². The first kappa shape index (κ1) is 20.8. The summed E-state index contributed by atoms with van der Waals surface area (Å²) in [5, 5.41) is 5.28. The number of nitrogens with zero attached hydrogens (tertiary/aromatic N) is 2. The van der Waals surface area contributed by atoms with Crippen molar-refractivity contribution in [3.05, 3.63) is 47.5 Å². The first-order valence-corrected chi connectivity index (χ1v) is 8.54. The van der Waals surface area contributed by atoms with Crippen LogP contribution < -0.4 is 10.6 Å². The van der Waals surface area contributed by atoms with Gasteiger partial charge in [0.15, 0.2) is 0 Å². The van der Waals surface area contributed by atoms with Crippen molar-refractivity contribution in [2.24, 2.45) is 9.98 Å². The number of nitrogens with one attached hydrogen (secondary N) is 2. The molecule has 28 heavy (non-hydrogen) atoms. The Morgan fingerprint density at radius 1 is 1.04 bits per heavy atom. The zero-order valence-corrected chi connectivity index (χ0v) is 16.0. The van der Waals surface area contributed by atoms with E-state index in [1.54, 1.807) is 24.3 Å². The minimum atomic E-state index is -0.565. The number of carbonyl (C=O) groups excluding carboxylic acids is 2. The maximum atomic E-state index is 11.8. The molecule has 0 aliphatic heterocycles. The summed E-state index contributed by atoms with van der Waals surface area (Å²) >= 11 is 0. The lowest BCUT2D eigenvalue weighted by Gasteiger charge is -2.09. The molecule has 0 atom stereocenters. The number of ether oxygens (including phenoxy) is 2. The smallest absolute Gasteiger partial charge is 0.411 e. The molecule has 146 valence electrons. The fraction of sp³-hybridized carbons (Fsp3) is 0.250. The Labute approximate surface area is 163 Å². The molecule has 2 amide bonds. The molecule has 0 heterocycles. The third kappa shape index (κ3) is 6.35. The van der Waals surface area contributed by atoms with E-state index in [1.165, 1.54) is 7.11 Å². The van der Waals surface area contributed by atoms with Gasteiger partial charge >= 0.3 is 6.09 Å². The average molecular weight is 382 g/mol. The van der Waals surface area contributed by atoms with Crippen LogP contribution in [0.4, 0.5) is 27.5 Å². The standard InChI is InChI=1S/C20H22N4O4/c1-14-4-6-16(10-18(14)23-13-25)21-12-22-17-7-5-15(2)19(11-17)24-20(26)28-9-8-27-3/h4-7,10-11,13H,8-9H2,1-3H3,(H,23,25)(H,24,26). The van der Waals surface area contributed by atoms with Crippen LogP contribution in [-0.2, 0) is 14.3 Å². The SMILES string of the molecule is COCCOC(=O)Nc1cc(N=C=Nc2ccc(C)c(NC=O)c2)ccc1C. The molecule has 0 bridgehead atoms. The summed E-state index contributed by atoms with van der Waals surface area (Å²) in [7, 11) is 1.53. The topological polar surface area (TPSA) is 101 Å². The Morgan fingerprint density at radius 2 is 1.64 bits per heavy atom. The largest absolute Gasteiger partial charge is 0.447 e. The normalized spacial score (nSPS) is 9.82. The second-order valence-corrected chi connectivity index (χ2v) is 5.84. The van der Waals surface area contributed by atoms with Crippen LogP contribution in [0.2, 0.25) is 0 Å². The minimum absolute atomic E-state index is 0.170. The van der Waals surface area contributed by atoms with Crippen molar-refractivity contribution in [3.63, 3.8) is 0 Å². The van der Waals surface area contributed by atoms with Gasteiger partial charge in [0, 0.05) is 18.5 Å². The second kappa shape index (κ2) is 10.6. The molecule has 2 N–H and O–H groups in total. The fourth-order valence-corrected chi connectivity index (χ4v) is 2.22. The van der Waals surface area contributed by atoms with Gasteiger partial charge in [-0.25, -0.2) is 4.79 Å². The molecular weight excluding hydrogens is 360 g/mol. The van der Waals surface area contributed by atoms with Gasteiger partial charge in [0.2, 0.25) is 6.41 Å². The Kier molecular flexibility index (Phi) is 7.90. The summed E-state index contributed by atoms with van der Waals surface area (Å²) in [5.41, 5.74) is 4.22. The van der Waals surface area contributed by atoms with Gasteiger partial charge in [-0.05, 0) is 49.2 Å². The minimum Gasteiger partial charge on any atom is -0.447 e. The van der Waals surface area contributed by atoms with Crippen molar-refractivity contribution >= 4 is 41.3 Å². The number of hydrogen-bond donors (Lipinski definition) is 2. The van der Waals surface area contributed by atoms with Crippen LogP contribution in [0.15, 0.2) is 46.4 Å². The van der Waals surface area contributed by atoms with Crippen LogP contribution in [-0.4, -0.2) is 38.8 Å². The van der Waals surface area contributed by atoms with E-state index in [9.17, 15) is 9.59 Å². The zero-order valence-electron chi connectivity index (χ0n) is 16.0. The highest BCUT2D eigenvalue weighted by molar-refractivity contribution is 5.86. The predicted octanol–water partition coefficient (Wildman–Crippen LogP) is 4.20. The van der Waals surface area contributed by atoms with E-state index >= 15 is 0 Å². The molecule has 0 unspecified atom stereocenters. The number of methoxy groups -OCH3 is 1. The van der Waals surface area contributed by atoms with Crippen molar-refractivity contribution in [1.82, 2.24) is 0 Å². The first-order valence-electron chi connectivity index (χ1n) is 8.54. The van der Waals surface area contributed by atoms with E-state index in [1.807, 2.05) is 26.0 Å². The molecular formula is C20H22N4O4. The Bertz CT molecular complexity index is 905. The third-order valence-electron chi connectivity index (χ3n) is 3.77. The van der Waals surface area contributed by atoms with Gasteiger partial charge in [0.1, 0.15) is 12.6 Å². The number of hydrogen-bond acceptors (Lipinski definition) is 6. The lowest BCUT2D eigenvalue weighted by atomic mass is 10.2. The molecule has 0 saturated carbocycles. The maximum absolute atomic E-state index is 11.8. The van der Waals surface area contributed by atoms with Crippen LogP contribution in [0.1, 0.15) is 11.1 Å². The molecule has 8 heteroatoms. The van der Waals surface area contributed by atoms with E-state index in [4.69, 9.17) is 9.47 Å². The Balaban J connectivity index is 2.11. The summed E-state index contributed by atoms with van der Waals surface area (Å²) in [6.07, 6.45) is 0.0511. The van der Waals surface area contributed by atoms with Crippen molar-refractivity contribution in [2.45, 2.75) is 13.8 Å². The van der Waals surface area contributed by atoms with E-state index < -0.39 is 6.09 Å². The van der Waals surface area contributed by atoms with Gasteiger partial charge in [-0.15, -0.1) is 0 Å². The summed E-state index contributed by atoms with van der Waals surface area (Å²) in [4.78, 5) is 30.7. The van der Waals surface area contributed by atoms with Crippen LogP contribution in [0.5, 0.6) is 0 Å². The predicted molar refractivity (Wildman–Crippen MR) is 108 cm³/mol. The zero-order chi connectivity index (χ0) is 20.4. The highest BCUT2D eigenvalue weighted by atomic mass is 16.6. The van der Waals surface area contributed by atoms with Gasteiger partial charge in [-0.3, -0.25) is 10.1 Å². The molecule has 2 aromatic rings. The molecule has 0 radical (unpaired) electrons. The molecule has 0 fully saturated rings. The van der Waals surface area contributed by atoms with E-state index in [0.717, 1.165) is 11.1 Å². The first-order chi connectivity index (χ1) is 13.5. The van der Waals surface area contributed by atoms with Crippen LogP contribution >= 0.6 is 0 Å². The third-order valence-corrected chi connectivity index (χ3v) is 3.77. The maximum Gasteiger partial charge on any atom is 0.411 e. The molecule has 2 rings (SSSR count). The number of aryl methyl sites for hydroxylation is 2. The molecule has 0 aromatic heterocycles. The van der Waals surface area contributed by atoms with Crippen molar-refractivity contribution in [3.8, 4) is 0 Å². The summed E-state index contributed by atoms with van der Waals surface area (Å²) in [6.45, 7) is 4.24. The van der Waals surface area contributed by atoms with Gasteiger partial charge < -0.3 is 14.8 Å². The van der Waals surface area contributed by atoms with E-state index in [0.29, 0.717) is 35.8 Å². The highest BCUT2D eigenvalue weighted by Crippen LogP contribution is 2.23. The monoisotopic (exact) mass is 382 g/mol. The second-order valence-electron chi connectivity index (χ2n) is 5.84. The summed E-state index contributed by atoms with van der Waals surface area (Å²) < 4.78 is 9.82. The number of carbonyl (C=O) groups is 2. The highest BCUT2D eigenvalue weighted by Gasteiger charge is 2.06. The van der Waals surface area contributed by atoms with Gasteiger partial charge in [-0.1, -0.05) is 12.1 Å². The van der Waals surface area contributed by atoms with E-state index in [-0.39, 0.29) is 6.61 Å². The number of aliphatic imine (C=N–C) groups is 2. The fourth-order valence-electron chi connectivity index (χ4n) is 2.22. The van der Waals surface area contributed by atoms with Gasteiger partial charge in [0.05, 0.1) is 18.0 Å². The molecule has 0 saturated heterocycles. The number of anilines is 2.